The summed E-state index contributed by atoms with van der Waals surface area (Å²) in [6.45, 7) is 7.94. The maximum Gasteiger partial charge on any atom is 0.199 e. The van der Waals surface area contributed by atoms with Crippen LogP contribution < -0.4 is 0 Å². The molecular weight excluding hydrogens is 360 g/mol. The Balaban J connectivity index is 1.71. The lowest BCUT2D eigenvalue weighted by molar-refractivity contribution is -0.0676. The molecule has 0 bridgehead atoms. The molecule has 0 N–H and O–H groups in total. The smallest absolute Gasteiger partial charge is 0.199 e. The lowest BCUT2D eigenvalue weighted by Crippen LogP contribution is -2.53. The molecule has 4 rings (SSSR count). The van der Waals surface area contributed by atoms with Gasteiger partial charge in [0.1, 0.15) is 0 Å². The third kappa shape index (κ3) is 3.76. The van der Waals surface area contributed by atoms with Crippen molar-refractivity contribution >= 4 is 12.2 Å². The van der Waals surface area contributed by atoms with E-state index in [9.17, 15) is 0 Å². The van der Waals surface area contributed by atoms with Crippen LogP contribution in [0.25, 0.3) is 11.6 Å². The largest absolute Gasteiger partial charge is 0.461 e. The van der Waals surface area contributed by atoms with Gasteiger partial charge in [-0.3, -0.25) is 9.47 Å². The van der Waals surface area contributed by atoms with Crippen LogP contribution in [0, 0.1) is 4.77 Å². The Hall–Kier alpha value is -2.22. The van der Waals surface area contributed by atoms with Crippen LogP contribution >= 0.6 is 12.2 Å². The molecule has 3 heterocycles. The molecule has 0 atom stereocenters. The quantitative estimate of drug-likeness (QED) is 0.627. The highest BCUT2D eigenvalue weighted by molar-refractivity contribution is 7.71. The number of benzene rings is 1. The van der Waals surface area contributed by atoms with Crippen molar-refractivity contribution in [3.8, 4) is 11.6 Å². The monoisotopic (exact) mass is 384 g/mol. The van der Waals surface area contributed by atoms with Crippen molar-refractivity contribution in [2.24, 2.45) is 0 Å². The second-order valence-electron chi connectivity index (χ2n) is 7.42. The lowest BCUT2D eigenvalue weighted by atomic mass is 10.0. The van der Waals surface area contributed by atoms with Crippen molar-refractivity contribution in [1.29, 1.82) is 0 Å². The number of furan rings is 1. The van der Waals surface area contributed by atoms with Gasteiger partial charge in [-0.15, -0.1) is 5.10 Å². The molecule has 0 saturated carbocycles. The van der Waals surface area contributed by atoms with Crippen molar-refractivity contribution in [3.05, 3.63) is 59.1 Å². The van der Waals surface area contributed by atoms with Gasteiger partial charge in [-0.05, 0) is 43.8 Å². The van der Waals surface area contributed by atoms with Gasteiger partial charge in [0.15, 0.2) is 16.4 Å². The minimum absolute atomic E-state index is 0.0545. The standard InChI is InChI=1S/C20H24N4O2S/c1-20(2)14-25-12-10-22(20)15-24-19(27)23(13-16-7-4-3-5-8-16)18(21-24)17-9-6-11-26-17/h3-9,11H,10,12-15H2,1-2H3. The molecule has 1 fully saturated rings. The van der Waals surface area contributed by atoms with Gasteiger partial charge in [-0.2, -0.15) is 0 Å². The van der Waals surface area contributed by atoms with E-state index in [-0.39, 0.29) is 5.54 Å². The maximum absolute atomic E-state index is 5.79. The highest BCUT2D eigenvalue weighted by Gasteiger charge is 2.31. The van der Waals surface area contributed by atoms with Crippen molar-refractivity contribution in [2.45, 2.75) is 32.6 Å². The molecule has 7 heteroatoms. The fourth-order valence-electron chi connectivity index (χ4n) is 3.34. The van der Waals surface area contributed by atoms with Gasteiger partial charge in [-0.25, -0.2) is 4.68 Å². The topological polar surface area (TPSA) is 48.4 Å². The molecule has 6 nitrogen and oxygen atoms in total. The molecule has 27 heavy (non-hydrogen) atoms. The van der Waals surface area contributed by atoms with E-state index >= 15 is 0 Å². The summed E-state index contributed by atoms with van der Waals surface area (Å²) < 4.78 is 15.9. The van der Waals surface area contributed by atoms with Crippen LogP contribution in [0.3, 0.4) is 0 Å². The Kier molecular flexibility index (Phi) is 4.99. The molecule has 1 aromatic carbocycles. The van der Waals surface area contributed by atoms with Gasteiger partial charge >= 0.3 is 0 Å². The zero-order valence-corrected chi connectivity index (χ0v) is 16.5. The number of nitrogens with zero attached hydrogens (tertiary/aromatic N) is 4. The predicted molar refractivity (Wildman–Crippen MR) is 106 cm³/mol. The highest BCUT2D eigenvalue weighted by Crippen LogP contribution is 2.23. The zero-order chi connectivity index (χ0) is 18.9. The zero-order valence-electron chi connectivity index (χ0n) is 15.7. The number of aromatic nitrogens is 3. The molecular formula is C20H24N4O2S. The van der Waals surface area contributed by atoms with Crippen LogP contribution in [-0.2, 0) is 18.0 Å². The lowest BCUT2D eigenvalue weighted by Gasteiger charge is -2.41. The van der Waals surface area contributed by atoms with Crippen molar-refractivity contribution in [1.82, 2.24) is 19.2 Å². The SMILES string of the molecule is CC1(C)COCCN1Cn1nc(-c2ccco2)n(Cc2ccccc2)c1=S. The molecule has 0 amide bonds. The van der Waals surface area contributed by atoms with E-state index in [1.165, 1.54) is 5.56 Å². The van der Waals surface area contributed by atoms with Crippen LogP contribution in [0.2, 0.25) is 0 Å². The van der Waals surface area contributed by atoms with Crippen LogP contribution in [-0.4, -0.2) is 44.5 Å². The third-order valence-corrected chi connectivity index (χ3v) is 5.40. The van der Waals surface area contributed by atoms with Gasteiger partial charge < -0.3 is 9.15 Å². The molecule has 1 saturated heterocycles. The number of rotatable bonds is 5. The normalized spacial score (nSPS) is 17.3. The van der Waals surface area contributed by atoms with Gasteiger partial charge in [-0.1, -0.05) is 30.3 Å². The summed E-state index contributed by atoms with van der Waals surface area (Å²) in [4.78, 5) is 2.36. The summed E-state index contributed by atoms with van der Waals surface area (Å²) in [5.41, 5.74) is 1.12. The third-order valence-electron chi connectivity index (χ3n) is 4.97. The summed E-state index contributed by atoms with van der Waals surface area (Å²) in [5.74, 6) is 1.47. The summed E-state index contributed by atoms with van der Waals surface area (Å²) in [7, 11) is 0. The fourth-order valence-corrected chi connectivity index (χ4v) is 3.59. The molecule has 0 radical (unpaired) electrons. The van der Waals surface area contributed by atoms with E-state index in [0.29, 0.717) is 24.6 Å². The molecule has 0 unspecified atom stereocenters. The van der Waals surface area contributed by atoms with Crippen molar-refractivity contribution in [2.75, 3.05) is 19.8 Å². The summed E-state index contributed by atoms with van der Waals surface area (Å²) in [5, 5.41) is 4.81. The Bertz CT molecular complexity index is 944. The van der Waals surface area contributed by atoms with E-state index in [1.807, 2.05) is 39.6 Å². The minimum atomic E-state index is -0.0545. The molecule has 0 aliphatic carbocycles. The van der Waals surface area contributed by atoms with Crippen molar-refractivity contribution in [3.63, 3.8) is 0 Å². The first-order chi connectivity index (χ1) is 13.0. The van der Waals surface area contributed by atoms with Crippen molar-refractivity contribution < 1.29 is 9.15 Å². The maximum atomic E-state index is 5.79. The Morgan fingerprint density at radius 1 is 1.15 bits per heavy atom. The van der Waals surface area contributed by atoms with Gasteiger partial charge in [0, 0.05) is 12.1 Å². The van der Waals surface area contributed by atoms with Crippen LogP contribution in [0.5, 0.6) is 0 Å². The highest BCUT2D eigenvalue weighted by atomic mass is 32.1. The molecule has 142 valence electrons. The number of ether oxygens (including phenoxy) is 1. The predicted octanol–water partition coefficient (Wildman–Crippen LogP) is 3.79. The number of hydrogen-bond acceptors (Lipinski definition) is 5. The second-order valence-corrected chi connectivity index (χ2v) is 7.79. The van der Waals surface area contributed by atoms with E-state index < -0.39 is 0 Å². The fraction of sp³-hybridized carbons (Fsp3) is 0.400. The molecule has 3 aromatic rings. The van der Waals surface area contributed by atoms with Gasteiger partial charge in [0.25, 0.3) is 0 Å². The second kappa shape index (κ2) is 7.42. The van der Waals surface area contributed by atoms with E-state index in [4.69, 9.17) is 26.5 Å². The molecule has 1 aliphatic rings. The van der Waals surface area contributed by atoms with E-state index in [0.717, 1.165) is 24.7 Å². The van der Waals surface area contributed by atoms with Crippen LogP contribution in [0.1, 0.15) is 19.4 Å². The Morgan fingerprint density at radius 2 is 1.96 bits per heavy atom. The summed E-state index contributed by atoms with van der Waals surface area (Å²) in [6.07, 6.45) is 1.66. The Labute approximate surface area is 164 Å². The molecule has 2 aromatic heterocycles. The van der Waals surface area contributed by atoms with Crippen LogP contribution in [0.15, 0.2) is 53.1 Å². The summed E-state index contributed by atoms with van der Waals surface area (Å²) >= 11 is 5.79. The molecule has 0 spiro atoms. The first-order valence-electron chi connectivity index (χ1n) is 9.13. The Morgan fingerprint density at radius 3 is 2.67 bits per heavy atom. The van der Waals surface area contributed by atoms with E-state index in [2.05, 4.69) is 30.9 Å². The van der Waals surface area contributed by atoms with Crippen LogP contribution in [0.4, 0.5) is 0 Å². The average molecular weight is 385 g/mol. The van der Waals surface area contributed by atoms with Gasteiger partial charge in [0.2, 0.25) is 0 Å². The number of morpholine rings is 1. The number of hydrogen-bond donors (Lipinski definition) is 0. The summed E-state index contributed by atoms with van der Waals surface area (Å²) in [6, 6.07) is 14.1. The first kappa shape index (κ1) is 18.2. The average Bonchev–Trinajstić information content (AvgIpc) is 3.28. The first-order valence-corrected chi connectivity index (χ1v) is 9.54. The van der Waals surface area contributed by atoms with Gasteiger partial charge in [0.05, 0.1) is 32.7 Å². The van der Waals surface area contributed by atoms with E-state index in [1.54, 1.807) is 6.26 Å². The minimum Gasteiger partial charge on any atom is -0.461 e. The molecule has 1 aliphatic heterocycles.